The monoisotopic (exact) mass is 226 g/mol. The minimum Gasteiger partial charge on any atom is -0.493 e. The lowest BCUT2D eigenvalue weighted by molar-refractivity contribution is -0.146. The van der Waals surface area contributed by atoms with E-state index in [-0.39, 0.29) is 6.42 Å². The fraction of sp³-hybridized carbons (Fsp3) is 0.364. The van der Waals surface area contributed by atoms with Gasteiger partial charge in [0.15, 0.2) is 17.6 Å². The summed E-state index contributed by atoms with van der Waals surface area (Å²) in [6.45, 7) is 0. The average Bonchev–Trinajstić information content (AvgIpc) is 2.28. The van der Waals surface area contributed by atoms with Crippen molar-refractivity contribution in [2.45, 2.75) is 12.5 Å². The molecule has 1 rings (SSSR count). The standard InChI is InChI=1S/C11H14O5/c1-15-9-4-3-7(6-10(9)16-2)5-8(12)11(13)14/h3-4,6,8,12H,5H2,1-2H3,(H,13,14)/t8-/m1/s1. The minimum atomic E-state index is -1.40. The summed E-state index contributed by atoms with van der Waals surface area (Å²) in [6, 6.07) is 5.00. The first-order chi connectivity index (χ1) is 7.58. The van der Waals surface area contributed by atoms with Crippen molar-refractivity contribution in [1.82, 2.24) is 0 Å². The number of carboxylic acids is 1. The second kappa shape index (κ2) is 5.37. The smallest absolute Gasteiger partial charge is 0.332 e. The molecular formula is C11H14O5. The Balaban J connectivity index is 2.86. The third kappa shape index (κ3) is 2.87. The highest BCUT2D eigenvalue weighted by Crippen LogP contribution is 2.27. The molecule has 0 bridgehead atoms. The van der Waals surface area contributed by atoms with Crippen molar-refractivity contribution in [2.75, 3.05) is 14.2 Å². The molecule has 88 valence electrons. The van der Waals surface area contributed by atoms with E-state index in [2.05, 4.69) is 0 Å². The molecular weight excluding hydrogens is 212 g/mol. The van der Waals surface area contributed by atoms with Crippen LogP contribution in [0.15, 0.2) is 18.2 Å². The van der Waals surface area contributed by atoms with Crippen molar-refractivity contribution in [3.63, 3.8) is 0 Å². The van der Waals surface area contributed by atoms with Crippen LogP contribution in [0.25, 0.3) is 0 Å². The maximum Gasteiger partial charge on any atom is 0.332 e. The van der Waals surface area contributed by atoms with Crippen LogP contribution in [0.4, 0.5) is 0 Å². The number of aliphatic hydroxyl groups excluding tert-OH is 1. The van der Waals surface area contributed by atoms with E-state index in [0.717, 1.165) is 0 Å². The summed E-state index contributed by atoms with van der Waals surface area (Å²) >= 11 is 0. The zero-order valence-corrected chi connectivity index (χ0v) is 9.14. The fourth-order valence-electron chi connectivity index (χ4n) is 1.32. The number of aliphatic carboxylic acids is 1. The summed E-state index contributed by atoms with van der Waals surface area (Å²) < 4.78 is 10.1. The van der Waals surface area contributed by atoms with Crippen LogP contribution in [0, 0.1) is 0 Å². The first-order valence-corrected chi connectivity index (χ1v) is 4.70. The summed E-state index contributed by atoms with van der Waals surface area (Å²) in [5.41, 5.74) is 0.674. The van der Waals surface area contributed by atoms with Crippen molar-refractivity contribution in [3.8, 4) is 11.5 Å². The lowest BCUT2D eigenvalue weighted by atomic mass is 10.1. The molecule has 0 aliphatic rings. The molecule has 0 heterocycles. The van der Waals surface area contributed by atoms with Crippen LogP contribution >= 0.6 is 0 Å². The number of aliphatic hydroxyl groups is 1. The minimum absolute atomic E-state index is 0.0374. The first kappa shape index (κ1) is 12.3. The van der Waals surface area contributed by atoms with E-state index in [1.807, 2.05) is 0 Å². The van der Waals surface area contributed by atoms with Gasteiger partial charge in [0.2, 0.25) is 0 Å². The predicted octanol–water partition coefficient (Wildman–Crippen LogP) is 0.692. The topological polar surface area (TPSA) is 76.0 Å². The molecule has 0 spiro atoms. The molecule has 0 radical (unpaired) electrons. The van der Waals surface area contributed by atoms with Crippen molar-refractivity contribution >= 4 is 5.97 Å². The van der Waals surface area contributed by atoms with E-state index in [1.165, 1.54) is 14.2 Å². The van der Waals surface area contributed by atoms with Crippen molar-refractivity contribution in [2.24, 2.45) is 0 Å². The van der Waals surface area contributed by atoms with Gasteiger partial charge in [-0.1, -0.05) is 6.07 Å². The Morgan fingerprint density at radius 3 is 2.44 bits per heavy atom. The van der Waals surface area contributed by atoms with Crippen LogP contribution in [0.3, 0.4) is 0 Å². The first-order valence-electron chi connectivity index (χ1n) is 4.70. The van der Waals surface area contributed by atoms with Crippen LogP contribution < -0.4 is 9.47 Å². The molecule has 0 saturated carbocycles. The van der Waals surface area contributed by atoms with Gasteiger partial charge in [-0.05, 0) is 17.7 Å². The molecule has 1 atom stereocenters. The summed E-state index contributed by atoms with van der Waals surface area (Å²) in [7, 11) is 3.01. The average molecular weight is 226 g/mol. The van der Waals surface area contributed by atoms with Crippen molar-refractivity contribution < 1.29 is 24.5 Å². The highest BCUT2D eigenvalue weighted by Gasteiger charge is 2.14. The molecule has 16 heavy (non-hydrogen) atoms. The Kier molecular flexibility index (Phi) is 4.13. The zero-order chi connectivity index (χ0) is 12.1. The molecule has 0 saturated heterocycles. The third-order valence-electron chi connectivity index (χ3n) is 2.16. The summed E-state index contributed by atoms with van der Waals surface area (Å²) in [5, 5.41) is 17.8. The molecule has 1 aromatic carbocycles. The van der Waals surface area contributed by atoms with Gasteiger partial charge in [0.25, 0.3) is 0 Å². The molecule has 2 N–H and O–H groups in total. The number of rotatable bonds is 5. The Bertz CT molecular complexity index is 375. The van der Waals surface area contributed by atoms with Crippen LogP contribution in [0.1, 0.15) is 5.56 Å². The zero-order valence-electron chi connectivity index (χ0n) is 9.14. The lowest BCUT2D eigenvalue weighted by Gasteiger charge is -2.10. The van der Waals surface area contributed by atoms with Gasteiger partial charge < -0.3 is 19.7 Å². The van der Waals surface area contributed by atoms with Gasteiger partial charge in [-0.25, -0.2) is 4.79 Å². The third-order valence-corrected chi connectivity index (χ3v) is 2.16. The summed E-state index contributed by atoms with van der Waals surface area (Å²) in [5.74, 6) is -0.163. The van der Waals surface area contributed by atoms with E-state index < -0.39 is 12.1 Å². The second-order valence-corrected chi connectivity index (χ2v) is 3.25. The van der Waals surface area contributed by atoms with Crippen LogP contribution in [0.5, 0.6) is 11.5 Å². The number of hydrogen-bond donors (Lipinski definition) is 2. The predicted molar refractivity (Wildman–Crippen MR) is 56.9 cm³/mol. The molecule has 0 fully saturated rings. The van der Waals surface area contributed by atoms with E-state index in [9.17, 15) is 9.90 Å². The van der Waals surface area contributed by atoms with Gasteiger partial charge in [0.1, 0.15) is 0 Å². The van der Waals surface area contributed by atoms with Gasteiger partial charge in [0, 0.05) is 6.42 Å². The van der Waals surface area contributed by atoms with Gasteiger partial charge in [-0.15, -0.1) is 0 Å². The quantitative estimate of drug-likeness (QED) is 0.772. The number of carbonyl (C=O) groups is 1. The second-order valence-electron chi connectivity index (χ2n) is 3.25. The number of hydrogen-bond acceptors (Lipinski definition) is 4. The van der Waals surface area contributed by atoms with Crippen LogP contribution in [0.2, 0.25) is 0 Å². The Labute approximate surface area is 93.2 Å². The highest BCUT2D eigenvalue weighted by molar-refractivity contribution is 5.72. The normalized spacial score (nSPS) is 11.9. The van der Waals surface area contributed by atoms with Crippen LogP contribution in [-0.4, -0.2) is 36.5 Å². The molecule has 0 aliphatic heterocycles. The number of carboxylic acid groups (broad SMARTS) is 1. The lowest BCUT2D eigenvalue weighted by Crippen LogP contribution is -2.21. The Hall–Kier alpha value is -1.75. The molecule has 0 amide bonds. The molecule has 5 heteroatoms. The van der Waals surface area contributed by atoms with Gasteiger partial charge in [0.05, 0.1) is 14.2 Å². The van der Waals surface area contributed by atoms with Crippen LogP contribution in [-0.2, 0) is 11.2 Å². The molecule has 5 nitrogen and oxygen atoms in total. The largest absolute Gasteiger partial charge is 0.493 e. The summed E-state index contributed by atoms with van der Waals surface area (Å²) in [4.78, 5) is 10.5. The van der Waals surface area contributed by atoms with Gasteiger partial charge in [-0.3, -0.25) is 0 Å². The highest BCUT2D eigenvalue weighted by atomic mass is 16.5. The Morgan fingerprint density at radius 2 is 1.94 bits per heavy atom. The Morgan fingerprint density at radius 1 is 1.31 bits per heavy atom. The van der Waals surface area contributed by atoms with E-state index >= 15 is 0 Å². The SMILES string of the molecule is COc1ccc(C[C@@H](O)C(=O)O)cc1OC. The van der Waals surface area contributed by atoms with Crippen molar-refractivity contribution in [3.05, 3.63) is 23.8 Å². The summed E-state index contributed by atoms with van der Waals surface area (Å²) in [6.07, 6.45) is -1.37. The fourth-order valence-corrected chi connectivity index (χ4v) is 1.32. The molecule has 0 unspecified atom stereocenters. The molecule has 0 aliphatic carbocycles. The van der Waals surface area contributed by atoms with Gasteiger partial charge >= 0.3 is 5.97 Å². The maximum absolute atomic E-state index is 10.5. The van der Waals surface area contributed by atoms with Crippen molar-refractivity contribution in [1.29, 1.82) is 0 Å². The van der Waals surface area contributed by atoms with Gasteiger partial charge in [-0.2, -0.15) is 0 Å². The van der Waals surface area contributed by atoms with E-state index in [4.69, 9.17) is 14.6 Å². The number of benzene rings is 1. The maximum atomic E-state index is 10.5. The van der Waals surface area contributed by atoms with E-state index in [1.54, 1.807) is 18.2 Å². The number of ether oxygens (including phenoxy) is 2. The molecule has 0 aromatic heterocycles. The van der Waals surface area contributed by atoms with E-state index in [0.29, 0.717) is 17.1 Å². The molecule has 1 aromatic rings. The number of methoxy groups -OCH3 is 2.